The highest BCUT2D eigenvalue weighted by molar-refractivity contribution is 7.80. The van der Waals surface area contributed by atoms with Gasteiger partial charge in [-0.2, -0.15) is 5.10 Å². The van der Waals surface area contributed by atoms with E-state index in [9.17, 15) is 0 Å². The molecule has 5 nitrogen and oxygen atoms in total. The number of thiocarbonyl (C=S) groups is 1. The Kier molecular flexibility index (Phi) is 5.08. The number of anilines is 2. The molecule has 1 aromatic heterocycles. The number of nitrogens with one attached hydrogen (secondary N) is 2. The molecule has 0 spiro atoms. The topological polar surface area (TPSA) is 51.1 Å². The van der Waals surface area contributed by atoms with Gasteiger partial charge < -0.3 is 15.4 Å². The normalized spacial score (nSPS) is 10.2. The molecule has 0 aliphatic rings. The van der Waals surface area contributed by atoms with Crippen molar-refractivity contribution >= 4 is 28.8 Å². The van der Waals surface area contributed by atoms with Gasteiger partial charge in [-0.1, -0.05) is 30.3 Å². The quantitative estimate of drug-likeness (QED) is 0.694. The number of hydrogen-bond acceptors (Lipinski definition) is 3. The average molecular weight is 338 g/mol. The summed E-state index contributed by atoms with van der Waals surface area (Å²) < 4.78 is 7.00. The van der Waals surface area contributed by atoms with E-state index < -0.39 is 0 Å². The van der Waals surface area contributed by atoms with Crippen LogP contribution in [-0.2, 0) is 6.54 Å². The van der Waals surface area contributed by atoms with E-state index in [0.29, 0.717) is 10.9 Å². The molecule has 0 radical (unpaired) electrons. The maximum absolute atomic E-state index is 5.32. The summed E-state index contributed by atoms with van der Waals surface area (Å²) in [7, 11) is 1.64. The molecular weight excluding hydrogens is 320 g/mol. The fraction of sp³-hybridized carbons (Fsp3) is 0.111. The zero-order valence-corrected chi connectivity index (χ0v) is 14.1. The Morgan fingerprint density at radius 1 is 1.04 bits per heavy atom. The van der Waals surface area contributed by atoms with Gasteiger partial charge in [-0.05, 0) is 42.0 Å². The van der Waals surface area contributed by atoms with Gasteiger partial charge in [0, 0.05) is 18.0 Å². The van der Waals surface area contributed by atoms with Gasteiger partial charge in [-0.25, -0.2) is 0 Å². The molecule has 2 N–H and O–H groups in total. The smallest absolute Gasteiger partial charge is 0.176 e. The summed E-state index contributed by atoms with van der Waals surface area (Å²) in [6.45, 7) is 0.723. The minimum Gasteiger partial charge on any atom is -0.497 e. The largest absolute Gasteiger partial charge is 0.497 e. The molecule has 0 atom stereocenters. The Hall–Kier alpha value is -2.86. The second-order valence-corrected chi connectivity index (χ2v) is 5.60. The van der Waals surface area contributed by atoms with Crippen LogP contribution in [0.5, 0.6) is 5.75 Å². The fourth-order valence-electron chi connectivity index (χ4n) is 2.24. The molecule has 0 amide bonds. The molecular formula is C18H18N4OS. The average Bonchev–Trinajstić information content (AvgIpc) is 3.03. The van der Waals surface area contributed by atoms with Gasteiger partial charge in [0.25, 0.3) is 0 Å². The standard InChI is InChI=1S/C18H18N4OS/c1-23-16-9-7-15(8-10-16)19-18(24)20-17-11-12-22(21-17)13-14-5-3-2-4-6-14/h2-12H,13H2,1H3,(H2,19,20,21,24). The van der Waals surface area contributed by atoms with E-state index in [1.807, 2.05) is 59.4 Å². The van der Waals surface area contributed by atoms with Crippen molar-refractivity contribution in [3.05, 3.63) is 72.4 Å². The molecule has 0 unspecified atom stereocenters. The third-order valence-corrected chi connectivity index (χ3v) is 3.62. The lowest BCUT2D eigenvalue weighted by Crippen LogP contribution is -2.19. The molecule has 122 valence electrons. The Balaban J connectivity index is 1.56. The summed E-state index contributed by atoms with van der Waals surface area (Å²) in [6, 6.07) is 19.6. The Morgan fingerprint density at radius 3 is 2.50 bits per heavy atom. The van der Waals surface area contributed by atoms with Crippen molar-refractivity contribution in [3.8, 4) is 5.75 Å². The lowest BCUT2D eigenvalue weighted by atomic mass is 10.2. The van der Waals surface area contributed by atoms with Crippen LogP contribution in [0.3, 0.4) is 0 Å². The molecule has 0 saturated carbocycles. The van der Waals surface area contributed by atoms with Crippen molar-refractivity contribution in [2.24, 2.45) is 0 Å². The lowest BCUT2D eigenvalue weighted by Gasteiger charge is -2.09. The van der Waals surface area contributed by atoms with Crippen molar-refractivity contribution in [2.75, 3.05) is 17.7 Å². The summed E-state index contributed by atoms with van der Waals surface area (Å²) >= 11 is 5.32. The van der Waals surface area contributed by atoms with Gasteiger partial charge in [0.2, 0.25) is 0 Å². The van der Waals surface area contributed by atoms with Crippen molar-refractivity contribution in [2.45, 2.75) is 6.54 Å². The van der Waals surface area contributed by atoms with Gasteiger partial charge >= 0.3 is 0 Å². The molecule has 6 heteroatoms. The van der Waals surface area contributed by atoms with Crippen molar-refractivity contribution in [3.63, 3.8) is 0 Å². The molecule has 0 saturated heterocycles. The van der Waals surface area contributed by atoms with Crippen molar-refractivity contribution in [1.82, 2.24) is 9.78 Å². The Bertz CT molecular complexity index is 799. The zero-order chi connectivity index (χ0) is 16.8. The van der Waals surface area contributed by atoms with E-state index in [2.05, 4.69) is 27.9 Å². The van der Waals surface area contributed by atoms with Crippen LogP contribution in [0.15, 0.2) is 66.9 Å². The van der Waals surface area contributed by atoms with E-state index in [4.69, 9.17) is 17.0 Å². The predicted molar refractivity (Wildman–Crippen MR) is 101 cm³/mol. The first-order valence-corrected chi connectivity index (χ1v) is 7.93. The minimum absolute atomic E-state index is 0.491. The van der Waals surface area contributed by atoms with Gasteiger partial charge in [0.05, 0.1) is 13.7 Å². The zero-order valence-electron chi connectivity index (χ0n) is 13.3. The summed E-state index contributed by atoms with van der Waals surface area (Å²) in [4.78, 5) is 0. The van der Waals surface area contributed by atoms with Crippen LogP contribution in [0.4, 0.5) is 11.5 Å². The van der Waals surface area contributed by atoms with Gasteiger partial charge in [-0.3, -0.25) is 4.68 Å². The highest BCUT2D eigenvalue weighted by atomic mass is 32.1. The van der Waals surface area contributed by atoms with Crippen LogP contribution in [0.2, 0.25) is 0 Å². The van der Waals surface area contributed by atoms with Gasteiger partial charge in [0.15, 0.2) is 10.9 Å². The third-order valence-electron chi connectivity index (χ3n) is 3.42. The molecule has 0 aliphatic carbocycles. The molecule has 0 aliphatic heterocycles. The van der Waals surface area contributed by atoms with Gasteiger partial charge in [0.1, 0.15) is 5.75 Å². The van der Waals surface area contributed by atoms with Crippen LogP contribution < -0.4 is 15.4 Å². The highest BCUT2D eigenvalue weighted by Gasteiger charge is 2.03. The lowest BCUT2D eigenvalue weighted by molar-refractivity contribution is 0.415. The SMILES string of the molecule is COc1ccc(NC(=S)Nc2ccn(Cc3ccccc3)n2)cc1. The summed E-state index contributed by atoms with van der Waals surface area (Å²) in [5.41, 5.74) is 2.09. The number of aromatic nitrogens is 2. The number of nitrogens with zero attached hydrogens (tertiary/aromatic N) is 2. The van der Waals surface area contributed by atoms with Crippen LogP contribution in [-0.4, -0.2) is 22.0 Å². The number of rotatable bonds is 5. The molecule has 24 heavy (non-hydrogen) atoms. The van der Waals surface area contributed by atoms with Crippen LogP contribution >= 0.6 is 12.2 Å². The fourth-order valence-corrected chi connectivity index (χ4v) is 2.46. The molecule has 3 aromatic rings. The second kappa shape index (κ2) is 7.61. The molecule has 0 bridgehead atoms. The first kappa shape index (κ1) is 16.0. The van der Waals surface area contributed by atoms with Crippen molar-refractivity contribution < 1.29 is 4.74 Å². The molecule has 0 fully saturated rings. The monoisotopic (exact) mass is 338 g/mol. The number of hydrogen-bond donors (Lipinski definition) is 2. The van der Waals surface area contributed by atoms with Crippen molar-refractivity contribution in [1.29, 1.82) is 0 Å². The van der Waals surface area contributed by atoms with E-state index in [0.717, 1.165) is 18.0 Å². The third kappa shape index (κ3) is 4.33. The maximum atomic E-state index is 5.32. The predicted octanol–water partition coefficient (Wildman–Crippen LogP) is 3.75. The first-order chi connectivity index (χ1) is 11.7. The first-order valence-electron chi connectivity index (χ1n) is 7.52. The minimum atomic E-state index is 0.491. The summed E-state index contributed by atoms with van der Waals surface area (Å²) in [5.74, 6) is 1.51. The molecule has 1 heterocycles. The Morgan fingerprint density at radius 2 is 1.79 bits per heavy atom. The van der Waals surface area contributed by atoms with E-state index in [1.165, 1.54) is 5.56 Å². The number of benzene rings is 2. The van der Waals surface area contributed by atoms with Gasteiger partial charge in [-0.15, -0.1) is 0 Å². The van der Waals surface area contributed by atoms with Crippen LogP contribution in [0.1, 0.15) is 5.56 Å². The number of ether oxygens (including phenoxy) is 1. The van der Waals surface area contributed by atoms with E-state index in [-0.39, 0.29) is 0 Å². The molecule has 3 rings (SSSR count). The van der Waals surface area contributed by atoms with E-state index in [1.54, 1.807) is 7.11 Å². The molecule has 2 aromatic carbocycles. The summed E-state index contributed by atoms with van der Waals surface area (Å²) in [5, 5.41) is 11.2. The van der Waals surface area contributed by atoms with Crippen LogP contribution in [0.25, 0.3) is 0 Å². The maximum Gasteiger partial charge on any atom is 0.176 e. The second-order valence-electron chi connectivity index (χ2n) is 5.19. The highest BCUT2D eigenvalue weighted by Crippen LogP contribution is 2.15. The van der Waals surface area contributed by atoms with E-state index >= 15 is 0 Å². The Labute approximate surface area is 146 Å². The summed E-state index contributed by atoms with van der Waals surface area (Å²) in [6.07, 6.45) is 1.92. The number of methoxy groups -OCH3 is 1. The van der Waals surface area contributed by atoms with Crippen LogP contribution in [0, 0.1) is 0 Å².